The average Bonchev–Trinajstić information content (AvgIpc) is 3.02. The molecule has 1 saturated heterocycles. The minimum absolute atomic E-state index is 0.140. The summed E-state index contributed by atoms with van der Waals surface area (Å²) in [6.07, 6.45) is 1.67. The highest BCUT2D eigenvalue weighted by molar-refractivity contribution is 7.12. The van der Waals surface area contributed by atoms with Gasteiger partial charge in [0.25, 0.3) is 5.91 Å². The Kier molecular flexibility index (Phi) is 4.96. The number of carbonyl (C=O) groups excluding carboxylic acids is 1. The third kappa shape index (κ3) is 3.65. The number of amides is 1. The van der Waals surface area contributed by atoms with Crippen LogP contribution >= 0.6 is 11.3 Å². The molecule has 0 unspecified atom stereocenters. The van der Waals surface area contributed by atoms with Crippen molar-refractivity contribution >= 4 is 34.7 Å². The first-order valence-corrected chi connectivity index (χ1v) is 8.66. The van der Waals surface area contributed by atoms with Crippen LogP contribution in [0.5, 0.6) is 0 Å². The fraction of sp³-hybridized carbons (Fsp3) is 0.438. The van der Waals surface area contributed by atoms with Gasteiger partial charge in [-0.3, -0.25) is 4.79 Å². The zero-order valence-electron chi connectivity index (χ0n) is 14.1. The normalized spacial score (nSPS) is 14.5. The molecule has 0 spiro atoms. The highest BCUT2D eigenvalue weighted by atomic mass is 32.1. The maximum Gasteiger partial charge on any atom is 0.265 e. The Hall–Kier alpha value is -2.19. The summed E-state index contributed by atoms with van der Waals surface area (Å²) < 4.78 is 5.36. The van der Waals surface area contributed by atoms with Gasteiger partial charge in [-0.2, -0.15) is 4.98 Å². The molecular formula is C16H21N5O2S. The maximum atomic E-state index is 12.4. The van der Waals surface area contributed by atoms with Crippen molar-refractivity contribution in [3.63, 3.8) is 0 Å². The zero-order chi connectivity index (χ0) is 17.1. The van der Waals surface area contributed by atoms with Crippen molar-refractivity contribution in [1.29, 1.82) is 0 Å². The van der Waals surface area contributed by atoms with Gasteiger partial charge in [0.1, 0.15) is 5.69 Å². The highest BCUT2D eigenvalue weighted by Crippen LogP contribution is 2.25. The SMILES string of the molecule is Cc1csc(C(=O)Nc2cnc(N3CCOCC3)nc2N(C)C)c1. The predicted octanol–water partition coefficient (Wildman–Crippen LogP) is 2.00. The summed E-state index contributed by atoms with van der Waals surface area (Å²) in [5.41, 5.74) is 1.69. The molecular weight excluding hydrogens is 326 g/mol. The summed E-state index contributed by atoms with van der Waals surface area (Å²) in [5, 5.41) is 4.87. The molecule has 0 aromatic carbocycles. The van der Waals surface area contributed by atoms with Gasteiger partial charge in [0.05, 0.1) is 24.3 Å². The molecule has 1 aliphatic rings. The first-order chi connectivity index (χ1) is 11.5. The van der Waals surface area contributed by atoms with Gasteiger partial charge in [0.15, 0.2) is 5.82 Å². The van der Waals surface area contributed by atoms with Crippen molar-refractivity contribution in [1.82, 2.24) is 9.97 Å². The highest BCUT2D eigenvalue weighted by Gasteiger charge is 2.18. The van der Waals surface area contributed by atoms with Crippen LogP contribution in [-0.4, -0.2) is 56.3 Å². The van der Waals surface area contributed by atoms with Crippen LogP contribution in [-0.2, 0) is 4.74 Å². The Morgan fingerprint density at radius 1 is 1.38 bits per heavy atom. The van der Waals surface area contributed by atoms with Gasteiger partial charge in [-0.1, -0.05) is 0 Å². The third-order valence-electron chi connectivity index (χ3n) is 3.68. The lowest BCUT2D eigenvalue weighted by atomic mass is 10.3. The number of rotatable bonds is 4. The van der Waals surface area contributed by atoms with Gasteiger partial charge in [0.2, 0.25) is 5.95 Å². The molecule has 0 atom stereocenters. The van der Waals surface area contributed by atoms with Crippen molar-refractivity contribution in [2.24, 2.45) is 0 Å². The van der Waals surface area contributed by atoms with Gasteiger partial charge in [-0.05, 0) is 23.9 Å². The van der Waals surface area contributed by atoms with Crippen LogP contribution in [0.2, 0.25) is 0 Å². The lowest BCUT2D eigenvalue weighted by molar-refractivity contribution is 0.103. The van der Waals surface area contributed by atoms with Gasteiger partial charge in [-0.15, -0.1) is 11.3 Å². The predicted molar refractivity (Wildman–Crippen MR) is 96.4 cm³/mol. The number of aryl methyl sites for hydroxylation is 1. The van der Waals surface area contributed by atoms with Crippen molar-refractivity contribution in [2.45, 2.75) is 6.92 Å². The Bertz CT molecular complexity index is 725. The van der Waals surface area contributed by atoms with Gasteiger partial charge < -0.3 is 19.9 Å². The van der Waals surface area contributed by atoms with E-state index < -0.39 is 0 Å². The number of nitrogens with zero attached hydrogens (tertiary/aromatic N) is 4. The van der Waals surface area contributed by atoms with Crippen LogP contribution in [0.4, 0.5) is 17.5 Å². The molecule has 3 rings (SSSR count). The van der Waals surface area contributed by atoms with E-state index >= 15 is 0 Å². The lowest BCUT2D eigenvalue weighted by Crippen LogP contribution is -2.37. The Balaban J connectivity index is 1.83. The first-order valence-electron chi connectivity index (χ1n) is 7.78. The molecule has 0 bridgehead atoms. The summed E-state index contributed by atoms with van der Waals surface area (Å²) in [5.74, 6) is 1.21. The fourth-order valence-corrected chi connectivity index (χ4v) is 3.24. The molecule has 7 nitrogen and oxygen atoms in total. The van der Waals surface area contributed by atoms with Crippen LogP contribution in [0.25, 0.3) is 0 Å². The van der Waals surface area contributed by atoms with Crippen molar-refractivity contribution < 1.29 is 9.53 Å². The average molecular weight is 347 g/mol. The van der Waals surface area contributed by atoms with E-state index in [1.807, 2.05) is 37.4 Å². The Morgan fingerprint density at radius 3 is 2.75 bits per heavy atom. The van der Waals surface area contributed by atoms with Crippen LogP contribution in [0.15, 0.2) is 17.6 Å². The number of thiophene rings is 1. The van der Waals surface area contributed by atoms with Crippen LogP contribution < -0.4 is 15.1 Å². The van der Waals surface area contributed by atoms with E-state index in [9.17, 15) is 4.79 Å². The largest absolute Gasteiger partial charge is 0.378 e. The summed E-state index contributed by atoms with van der Waals surface area (Å²) >= 11 is 1.43. The van der Waals surface area contributed by atoms with E-state index in [1.165, 1.54) is 11.3 Å². The van der Waals surface area contributed by atoms with E-state index in [2.05, 4.69) is 20.2 Å². The molecule has 0 saturated carbocycles. The quantitative estimate of drug-likeness (QED) is 0.912. The molecule has 2 aromatic rings. The third-order valence-corrected chi connectivity index (χ3v) is 4.72. The minimum atomic E-state index is -0.140. The van der Waals surface area contributed by atoms with Gasteiger partial charge >= 0.3 is 0 Å². The molecule has 24 heavy (non-hydrogen) atoms. The van der Waals surface area contributed by atoms with Crippen LogP contribution in [0.3, 0.4) is 0 Å². The molecule has 2 aromatic heterocycles. The van der Waals surface area contributed by atoms with Crippen LogP contribution in [0, 0.1) is 6.92 Å². The number of hydrogen-bond acceptors (Lipinski definition) is 7. The van der Waals surface area contributed by atoms with E-state index in [0.717, 1.165) is 18.7 Å². The topological polar surface area (TPSA) is 70.6 Å². The number of nitrogens with one attached hydrogen (secondary N) is 1. The molecule has 0 radical (unpaired) electrons. The summed E-state index contributed by atoms with van der Waals surface area (Å²) in [7, 11) is 3.80. The minimum Gasteiger partial charge on any atom is -0.378 e. The summed E-state index contributed by atoms with van der Waals surface area (Å²) in [4.78, 5) is 26.1. The molecule has 8 heteroatoms. The molecule has 3 heterocycles. The van der Waals surface area contributed by atoms with Crippen LogP contribution in [0.1, 0.15) is 15.2 Å². The molecule has 1 fully saturated rings. The number of ether oxygens (including phenoxy) is 1. The molecule has 1 N–H and O–H groups in total. The summed E-state index contributed by atoms with van der Waals surface area (Å²) in [6.45, 7) is 4.87. The number of morpholine rings is 1. The molecule has 128 valence electrons. The second kappa shape index (κ2) is 7.14. The fourth-order valence-electron chi connectivity index (χ4n) is 2.44. The second-order valence-corrected chi connectivity index (χ2v) is 6.75. The Labute approximate surface area is 145 Å². The molecule has 1 amide bonds. The first kappa shape index (κ1) is 16.7. The van der Waals surface area contributed by atoms with E-state index in [4.69, 9.17) is 4.74 Å². The second-order valence-electron chi connectivity index (χ2n) is 5.84. The molecule has 1 aliphatic heterocycles. The van der Waals surface area contributed by atoms with E-state index in [0.29, 0.717) is 35.5 Å². The standard InChI is InChI=1S/C16H21N5O2S/c1-11-8-13(24-10-11)15(22)18-12-9-17-16(19-14(12)20(2)3)21-4-6-23-7-5-21/h8-10H,4-7H2,1-3H3,(H,18,22). The maximum absolute atomic E-state index is 12.4. The van der Waals surface area contributed by atoms with Gasteiger partial charge in [-0.25, -0.2) is 4.98 Å². The summed E-state index contributed by atoms with van der Waals surface area (Å²) in [6, 6.07) is 1.87. The van der Waals surface area contributed by atoms with Crippen molar-refractivity contribution in [3.05, 3.63) is 28.1 Å². The monoisotopic (exact) mass is 347 g/mol. The smallest absolute Gasteiger partial charge is 0.265 e. The number of hydrogen-bond donors (Lipinski definition) is 1. The Morgan fingerprint density at radius 2 is 2.12 bits per heavy atom. The van der Waals surface area contributed by atoms with Gasteiger partial charge in [0, 0.05) is 27.2 Å². The van der Waals surface area contributed by atoms with Crippen molar-refractivity contribution in [2.75, 3.05) is 55.5 Å². The lowest BCUT2D eigenvalue weighted by Gasteiger charge is -2.28. The number of aromatic nitrogens is 2. The van der Waals surface area contributed by atoms with Crippen molar-refractivity contribution in [3.8, 4) is 0 Å². The van der Waals surface area contributed by atoms with E-state index in [-0.39, 0.29) is 5.91 Å². The zero-order valence-corrected chi connectivity index (χ0v) is 14.9. The molecule has 0 aliphatic carbocycles. The van der Waals surface area contributed by atoms with E-state index in [1.54, 1.807) is 6.20 Å². The number of carbonyl (C=O) groups is 1. The number of anilines is 3.